The van der Waals surface area contributed by atoms with Crippen molar-refractivity contribution in [3.05, 3.63) is 71.3 Å². The Morgan fingerprint density at radius 1 is 0.923 bits per heavy atom. The van der Waals surface area contributed by atoms with Crippen molar-refractivity contribution in [3.8, 4) is 0 Å². The number of hydrogen-bond donors (Lipinski definition) is 1. The molecule has 2 saturated heterocycles. The van der Waals surface area contributed by atoms with Gasteiger partial charge in [-0.05, 0) is 48.9 Å². The van der Waals surface area contributed by atoms with Crippen LogP contribution in [0.25, 0.3) is 0 Å². The number of hydrogen-bond acceptors (Lipinski definition) is 2. The highest BCUT2D eigenvalue weighted by molar-refractivity contribution is 5.21. The van der Waals surface area contributed by atoms with Gasteiger partial charge in [0.2, 0.25) is 0 Å². The molecule has 2 aliphatic rings. The number of nitrogens with zero attached hydrogens (tertiary/aromatic N) is 1. The first-order chi connectivity index (χ1) is 12.5. The Balaban J connectivity index is 1.50. The summed E-state index contributed by atoms with van der Waals surface area (Å²) in [6.45, 7) is 0.914. The van der Waals surface area contributed by atoms with Crippen molar-refractivity contribution in [1.82, 2.24) is 4.90 Å². The standard InChI is InChI=1S/C22H25F2NO/c23-20-10-9-17(11-21(20)24)12-22(26)13-18-7-4-8-19(14-22)25(18)15-16-5-2-1-3-6-16/h1-3,5-6,9-11,18-19,26H,4,7-8,12-15H2. The Labute approximate surface area is 153 Å². The molecule has 0 saturated carbocycles. The average molecular weight is 357 g/mol. The normalized spacial score (nSPS) is 28.9. The van der Waals surface area contributed by atoms with E-state index >= 15 is 0 Å². The van der Waals surface area contributed by atoms with Crippen molar-refractivity contribution in [2.45, 2.75) is 62.8 Å². The third-order valence-corrected chi connectivity index (χ3v) is 5.97. The predicted octanol–water partition coefficient (Wildman–Crippen LogP) is 4.46. The van der Waals surface area contributed by atoms with Crippen LogP contribution in [0.1, 0.15) is 43.2 Å². The fourth-order valence-corrected chi connectivity index (χ4v) is 4.84. The van der Waals surface area contributed by atoms with E-state index in [1.807, 2.05) is 6.07 Å². The van der Waals surface area contributed by atoms with Crippen molar-refractivity contribution in [1.29, 1.82) is 0 Å². The highest BCUT2D eigenvalue weighted by Crippen LogP contribution is 2.41. The zero-order valence-electron chi connectivity index (χ0n) is 14.9. The number of halogens is 2. The molecule has 2 atom stereocenters. The molecule has 0 aromatic heterocycles. The lowest BCUT2D eigenvalue weighted by Gasteiger charge is -2.52. The SMILES string of the molecule is OC1(Cc2ccc(F)c(F)c2)CC2CCCC(C1)N2Cc1ccccc1. The summed E-state index contributed by atoms with van der Waals surface area (Å²) >= 11 is 0. The molecule has 2 heterocycles. The minimum Gasteiger partial charge on any atom is -0.389 e. The highest BCUT2D eigenvalue weighted by atomic mass is 19.2. The van der Waals surface area contributed by atoms with E-state index in [-0.39, 0.29) is 0 Å². The Morgan fingerprint density at radius 2 is 1.62 bits per heavy atom. The summed E-state index contributed by atoms with van der Waals surface area (Å²) in [4.78, 5) is 2.54. The number of benzene rings is 2. The van der Waals surface area contributed by atoms with Crippen LogP contribution in [0, 0.1) is 11.6 Å². The second kappa shape index (κ2) is 7.09. The Kier molecular flexibility index (Phi) is 4.80. The van der Waals surface area contributed by atoms with Crippen LogP contribution >= 0.6 is 0 Å². The Bertz CT molecular complexity index is 750. The maximum Gasteiger partial charge on any atom is 0.159 e. The summed E-state index contributed by atoms with van der Waals surface area (Å²) in [7, 11) is 0. The Morgan fingerprint density at radius 3 is 2.27 bits per heavy atom. The highest BCUT2D eigenvalue weighted by Gasteiger charge is 2.45. The van der Waals surface area contributed by atoms with Gasteiger partial charge in [-0.3, -0.25) is 4.90 Å². The second-order valence-corrected chi connectivity index (χ2v) is 7.95. The van der Waals surface area contributed by atoms with Crippen LogP contribution in [0.5, 0.6) is 0 Å². The minimum absolute atomic E-state index is 0.345. The molecule has 26 heavy (non-hydrogen) atoms. The maximum atomic E-state index is 13.5. The zero-order valence-corrected chi connectivity index (χ0v) is 14.9. The first kappa shape index (κ1) is 17.6. The molecule has 2 aromatic rings. The van der Waals surface area contributed by atoms with E-state index in [0.717, 1.165) is 25.5 Å². The van der Waals surface area contributed by atoms with Gasteiger partial charge in [-0.2, -0.15) is 0 Å². The molecule has 2 aliphatic heterocycles. The maximum absolute atomic E-state index is 13.5. The van der Waals surface area contributed by atoms with Crippen molar-refractivity contribution in [2.75, 3.05) is 0 Å². The fraction of sp³-hybridized carbons (Fsp3) is 0.455. The van der Waals surface area contributed by atoms with Crippen LogP contribution in [0.2, 0.25) is 0 Å². The fourth-order valence-electron chi connectivity index (χ4n) is 4.84. The van der Waals surface area contributed by atoms with Crippen LogP contribution in [0.4, 0.5) is 8.78 Å². The number of rotatable bonds is 4. The van der Waals surface area contributed by atoms with Crippen LogP contribution in [-0.2, 0) is 13.0 Å². The van der Waals surface area contributed by atoms with Gasteiger partial charge in [0, 0.05) is 25.0 Å². The molecule has 1 N–H and O–H groups in total. The van der Waals surface area contributed by atoms with E-state index in [0.29, 0.717) is 36.9 Å². The molecule has 2 nitrogen and oxygen atoms in total. The van der Waals surface area contributed by atoms with E-state index in [2.05, 4.69) is 29.2 Å². The van der Waals surface area contributed by atoms with Gasteiger partial charge in [0.1, 0.15) is 0 Å². The van der Waals surface area contributed by atoms with Crippen molar-refractivity contribution < 1.29 is 13.9 Å². The molecule has 0 aliphatic carbocycles. The van der Waals surface area contributed by atoms with E-state index in [4.69, 9.17) is 0 Å². The quantitative estimate of drug-likeness (QED) is 0.874. The van der Waals surface area contributed by atoms with Gasteiger partial charge < -0.3 is 5.11 Å². The van der Waals surface area contributed by atoms with Crippen LogP contribution in [0.15, 0.2) is 48.5 Å². The third-order valence-electron chi connectivity index (χ3n) is 5.97. The lowest BCUT2D eigenvalue weighted by atomic mass is 9.73. The lowest BCUT2D eigenvalue weighted by molar-refractivity contribution is -0.0947. The third kappa shape index (κ3) is 3.67. The molecule has 2 aromatic carbocycles. The first-order valence-corrected chi connectivity index (χ1v) is 9.48. The monoisotopic (exact) mass is 357 g/mol. The van der Waals surface area contributed by atoms with E-state index in [9.17, 15) is 13.9 Å². The van der Waals surface area contributed by atoms with Gasteiger partial charge >= 0.3 is 0 Å². The molecule has 0 amide bonds. The van der Waals surface area contributed by atoms with Gasteiger partial charge in [0.25, 0.3) is 0 Å². The average Bonchev–Trinajstić information content (AvgIpc) is 2.60. The smallest absolute Gasteiger partial charge is 0.159 e. The summed E-state index contributed by atoms with van der Waals surface area (Å²) in [5.41, 5.74) is 1.13. The minimum atomic E-state index is -0.840. The van der Waals surface area contributed by atoms with Gasteiger partial charge in [0.15, 0.2) is 11.6 Å². The van der Waals surface area contributed by atoms with Gasteiger partial charge in [-0.1, -0.05) is 42.8 Å². The molecule has 2 fully saturated rings. The first-order valence-electron chi connectivity index (χ1n) is 9.48. The second-order valence-electron chi connectivity index (χ2n) is 7.95. The molecule has 4 rings (SSSR count). The van der Waals surface area contributed by atoms with Gasteiger partial charge in [0.05, 0.1) is 5.60 Å². The summed E-state index contributed by atoms with van der Waals surface area (Å²) in [5.74, 6) is -1.68. The molecule has 4 heteroatoms. The molecule has 2 bridgehead atoms. The predicted molar refractivity (Wildman–Crippen MR) is 97.7 cm³/mol. The molecule has 2 unspecified atom stereocenters. The summed E-state index contributed by atoms with van der Waals surface area (Å²) in [6.07, 6.45) is 5.13. The van der Waals surface area contributed by atoms with Crippen LogP contribution in [0.3, 0.4) is 0 Å². The van der Waals surface area contributed by atoms with Crippen molar-refractivity contribution >= 4 is 0 Å². The molecule has 0 radical (unpaired) electrons. The van der Waals surface area contributed by atoms with E-state index < -0.39 is 17.2 Å². The topological polar surface area (TPSA) is 23.5 Å². The summed E-state index contributed by atoms with van der Waals surface area (Å²) < 4.78 is 26.7. The van der Waals surface area contributed by atoms with Crippen LogP contribution in [-0.4, -0.2) is 27.7 Å². The lowest BCUT2D eigenvalue weighted by Crippen LogP contribution is -2.58. The molecule has 0 spiro atoms. The van der Waals surface area contributed by atoms with Gasteiger partial charge in [-0.25, -0.2) is 8.78 Å². The van der Waals surface area contributed by atoms with Gasteiger partial charge in [-0.15, -0.1) is 0 Å². The molecule has 138 valence electrons. The van der Waals surface area contributed by atoms with E-state index in [1.54, 1.807) is 6.07 Å². The van der Waals surface area contributed by atoms with E-state index in [1.165, 1.54) is 18.1 Å². The van der Waals surface area contributed by atoms with Crippen molar-refractivity contribution in [3.63, 3.8) is 0 Å². The Hall–Kier alpha value is -1.78. The van der Waals surface area contributed by atoms with Crippen LogP contribution < -0.4 is 0 Å². The zero-order chi connectivity index (χ0) is 18.1. The number of fused-ring (bicyclic) bond motifs is 2. The number of aliphatic hydroxyl groups is 1. The number of piperidine rings is 2. The molecular weight excluding hydrogens is 332 g/mol. The largest absolute Gasteiger partial charge is 0.389 e. The summed E-state index contributed by atoms with van der Waals surface area (Å²) in [6, 6.07) is 15.1. The van der Waals surface area contributed by atoms with Crippen molar-refractivity contribution in [2.24, 2.45) is 0 Å². The molecular formula is C22H25F2NO. The summed E-state index contributed by atoms with van der Waals surface area (Å²) in [5, 5.41) is 11.2.